The maximum Gasteiger partial charge on any atom is 0.293 e. The maximum absolute atomic E-state index is 11.8. The van der Waals surface area contributed by atoms with Crippen LogP contribution in [0.2, 0.25) is 0 Å². The highest BCUT2D eigenvalue weighted by Gasteiger charge is 2.31. The van der Waals surface area contributed by atoms with E-state index in [0.29, 0.717) is 18.3 Å². The van der Waals surface area contributed by atoms with Crippen LogP contribution >= 0.6 is 0 Å². The van der Waals surface area contributed by atoms with Crippen LogP contribution in [0.5, 0.6) is 0 Å². The van der Waals surface area contributed by atoms with Gasteiger partial charge < -0.3 is 15.0 Å². The molecule has 2 N–H and O–H groups in total. The molecule has 2 rings (SSSR count). The molecular formula is C13H21N3O2. The molecule has 1 aromatic rings. The molecule has 0 atom stereocenters. The molecule has 1 aromatic heterocycles. The Bertz CT molecular complexity index is 462. The third kappa shape index (κ3) is 2.90. The molecule has 100 valence electrons. The molecule has 0 unspecified atom stereocenters. The Morgan fingerprint density at radius 3 is 2.89 bits per heavy atom. The topological polar surface area (TPSA) is 67.2 Å². The van der Waals surface area contributed by atoms with Crippen molar-refractivity contribution >= 4 is 5.82 Å². The summed E-state index contributed by atoms with van der Waals surface area (Å²) in [4.78, 5) is 15.8. The summed E-state index contributed by atoms with van der Waals surface area (Å²) in [5, 5.41) is 13.4. The predicted molar refractivity (Wildman–Crippen MR) is 70.5 cm³/mol. The second-order valence-corrected chi connectivity index (χ2v) is 5.45. The molecule has 0 spiro atoms. The monoisotopic (exact) mass is 251 g/mol. The summed E-state index contributed by atoms with van der Waals surface area (Å²) in [6.07, 6.45) is 6.85. The van der Waals surface area contributed by atoms with Crippen molar-refractivity contribution in [1.82, 2.24) is 9.55 Å². The van der Waals surface area contributed by atoms with Crippen molar-refractivity contribution in [2.75, 3.05) is 11.9 Å². The summed E-state index contributed by atoms with van der Waals surface area (Å²) >= 11 is 0. The van der Waals surface area contributed by atoms with Gasteiger partial charge in [0.1, 0.15) is 0 Å². The first-order chi connectivity index (χ1) is 8.50. The molecule has 1 saturated carbocycles. The summed E-state index contributed by atoms with van der Waals surface area (Å²) in [7, 11) is 1.69. The number of rotatable bonds is 3. The van der Waals surface area contributed by atoms with E-state index in [2.05, 4.69) is 17.2 Å². The van der Waals surface area contributed by atoms with Gasteiger partial charge in [0.25, 0.3) is 5.56 Å². The highest BCUT2D eigenvalue weighted by atomic mass is 16.3. The summed E-state index contributed by atoms with van der Waals surface area (Å²) in [6.45, 7) is 2.60. The SMILES string of the molecule is CC1CCC(O)(CNc2nccn(C)c2=O)CC1. The Kier molecular flexibility index (Phi) is 3.71. The second kappa shape index (κ2) is 5.10. The molecule has 0 amide bonds. The Hall–Kier alpha value is -1.36. The fraction of sp³-hybridized carbons (Fsp3) is 0.692. The fourth-order valence-corrected chi connectivity index (χ4v) is 2.34. The standard InChI is InChI=1S/C13H21N3O2/c1-10-3-5-13(18,6-4-10)9-15-11-12(17)16(2)8-7-14-11/h7-8,10,18H,3-6,9H2,1-2H3,(H,14,15). The Labute approximate surface area is 107 Å². The molecule has 5 heteroatoms. The third-order valence-corrected chi connectivity index (χ3v) is 3.81. The van der Waals surface area contributed by atoms with Crippen LogP contribution in [0.15, 0.2) is 17.2 Å². The van der Waals surface area contributed by atoms with Gasteiger partial charge in [-0.1, -0.05) is 6.92 Å². The van der Waals surface area contributed by atoms with Crippen LogP contribution in [0.4, 0.5) is 5.82 Å². The number of hydrogen-bond acceptors (Lipinski definition) is 4. The van der Waals surface area contributed by atoms with Crippen LogP contribution in [0.25, 0.3) is 0 Å². The molecular weight excluding hydrogens is 230 g/mol. The predicted octanol–water partition coefficient (Wildman–Crippen LogP) is 1.13. The maximum atomic E-state index is 11.8. The highest BCUT2D eigenvalue weighted by molar-refractivity contribution is 5.31. The minimum atomic E-state index is -0.699. The van der Waals surface area contributed by atoms with Gasteiger partial charge in [-0.3, -0.25) is 4.79 Å². The molecule has 1 aliphatic rings. The summed E-state index contributed by atoms with van der Waals surface area (Å²) in [6, 6.07) is 0. The van der Waals surface area contributed by atoms with E-state index in [-0.39, 0.29) is 5.56 Å². The minimum Gasteiger partial charge on any atom is -0.388 e. The zero-order chi connectivity index (χ0) is 13.2. The zero-order valence-corrected chi connectivity index (χ0v) is 11.0. The van der Waals surface area contributed by atoms with Crippen LogP contribution < -0.4 is 10.9 Å². The Morgan fingerprint density at radius 2 is 2.22 bits per heavy atom. The lowest BCUT2D eigenvalue weighted by molar-refractivity contribution is 0.00492. The van der Waals surface area contributed by atoms with E-state index in [1.807, 2.05) is 0 Å². The molecule has 0 aliphatic heterocycles. The first-order valence-corrected chi connectivity index (χ1v) is 6.48. The van der Waals surface area contributed by atoms with Crippen LogP contribution in [0, 0.1) is 5.92 Å². The number of aromatic nitrogens is 2. The smallest absolute Gasteiger partial charge is 0.293 e. The average molecular weight is 251 g/mol. The van der Waals surface area contributed by atoms with Gasteiger partial charge in [-0.15, -0.1) is 0 Å². The van der Waals surface area contributed by atoms with Crippen molar-refractivity contribution in [2.24, 2.45) is 13.0 Å². The first kappa shape index (κ1) is 13.1. The van der Waals surface area contributed by atoms with Gasteiger partial charge in [0.2, 0.25) is 0 Å². The third-order valence-electron chi connectivity index (χ3n) is 3.81. The summed E-state index contributed by atoms with van der Waals surface area (Å²) in [5.41, 5.74) is -0.861. The number of aryl methyl sites for hydroxylation is 1. The van der Waals surface area contributed by atoms with Gasteiger partial charge >= 0.3 is 0 Å². The quantitative estimate of drug-likeness (QED) is 0.845. The lowest BCUT2D eigenvalue weighted by atomic mass is 9.79. The molecule has 1 aliphatic carbocycles. The van der Waals surface area contributed by atoms with Crippen molar-refractivity contribution in [3.05, 3.63) is 22.7 Å². The van der Waals surface area contributed by atoms with Gasteiger partial charge in [0.05, 0.1) is 5.60 Å². The van der Waals surface area contributed by atoms with Crippen LogP contribution in [-0.4, -0.2) is 26.8 Å². The van der Waals surface area contributed by atoms with Crippen molar-refractivity contribution in [3.8, 4) is 0 Å². The lowest BCUT2D eigenvalue weighted by Gasteiger charge is -2.35. The van der Waals surface area contributed by atoms with Gasteiger partial charge in [-0.2, -0.15) is 0 Å². The van der Waals surface area contributed by atoms with Gasteiger partial charge in [-0.25, -0.2) is 4.98 Å². The number of hydrogen-bond donors (Lipinski definition) is 2. The number of anilines is 1. The summed E-state index contributed by atoms with van der Waals surface area (Å²) in [5.74, 6) is 1.00. The van der Waals surface area contributed by atoms with E-state index in [1.54, 1.807) is 19.4 Å². The first-order valence-electron chi connectivity index (χ1n) is 6.48. The normalized spacial score (nSPS) is 28.1. The molecule has 1 heterocycles. The molecule has 1 fully saturated rings. The number of nitrogens with zero attached hydrogens (tertiary/aromatic N) is 2. The van der Waals surface area contributed by atoms with Crippen molar-refractivity contribution in [3.63, 3.8) is 0 Å². The number of aliphatic hydroxyl groups is 1. The van der Waals surface area contributed by atoms with Crippen LogP contribution in [0.3, 0.4) is 0 Å². The zero-order valence-electron chi connectivity index (χ0n) is 11.0. The number of nitrogens with one attached hydrogen (secondary N) is 1. The van der Waals surface area contributed by atoms with E-state index in [1.165, 1.54) is 4.57 Å². The van der Waals surface area contributed by atoms with Crippen LogP contribution in [0.1, 0.15) is 32.6 Å². The van der Waals surface area contributed by atoms with Crippen molar-refractivity contribution in [1.29, 1.82) is 0 Å². The minimum absolute atomic E-state index is 0.162. The average Bonchev–Trinajstić information content (AvgIpc) is 2.35. The van der Waals surface area contributed by atoms with Gasteiger partial charge in [0.15, 0.2) is 5.82 Å². The van der Waals surface area contributed by atoms with E-state index >= 15 is 0 Å². The molecule has 0 bridgehead atoms. The lowest BCUT2D eigenvalue weighted by Crippen LogP contribution is -2.41. The Balaban J connectivity index is 1.99. The molecule has 0 saturated heterocycles. The van der Waals surface area contributed by atoms with Gasteiger partial charge in [0, 0.05) is 26.0 Å². The summed E-state index contributed by atoms with van der Waals surface area (Å²) < 4.78 is 1.47. The fourth-order valence-electron chi connectivity index (χ4n) is 2.34. The molecule has 0 radical (unpaired) electrons. The highest BCUT2D eigenvalue weighted by Crippen LogP contribution is 2.31. The second-order valence-electron chi connectivity index (χ2n) is 5.45. The van der Waals surface area contributed by atoms with Crippen LogP contribution in [-0.2, 0) is 7.05 Å². The molecule has 18 heavy (non-hydrogen) atoms. The van der Waals surface area contributed by atoms with Gasteiger partial charge in [-0.05, 0) is 31.6 Å². The largest absolute Gasteiger partial charge is 0.388 e. The molecule has 0 aromatic carbocycles. The van der Waals surface area contributed by atoms with Crippen molar-refractivity contribution < 1.29 is 5.11 Å². The van der Waals surface area contributed by atoms with E-state index in [4.69, 9.17) is 0 Å². The van der Waals surface area contributed by atoms with E-state index < -0.39 is 5.60 Å². The van der Waals surface area contributed by atoms with Crippen molar-refractivity contribution in [2.45, 2.75) is 38.2 Å². The van der Waals surface area contributed by atoms with E-state index in [9.17, 15) is 9.90 Å². The Morgan fingerprint density at radius 1 is 1.56 bits per heavy atom. The molecule has 5 nitrogen and oxygen atoms in total. The van der Waals surface area contributed by atoms with E-state index in [0.717, 1.165) is 25.7 Å².